The normalized spacial score (nSPS) is 12.5. The number of hydrogen-bond donors (Lipinski definition) is 0. The second kappa shape index (κ2) is 9.83. The zero-order valence-corrected chi connectivity index (χ0v) is 17.3. The molecular formula is C19H23NO6S2. The summed E-state index contributed by atoms with van der Waals surface area (Å²) >= 11 is 0. The monoisotopic (exact) mass is 425 g/mol. The third kappa shape index (κ3) is 7.43. The minimum absolute atomic E-state index is 0.0474. The lowest BCUT2D eigenvalue weighted by molar-refractivity contribution is 0.178. The summed E-state index contributed by atoms with van der Waals surface area (Å²) in [6.07, 6.45) is 2.47. The molecule has 9 heteroatoms. The van der Waals surface area contributed by atoms with Gasteiger partial charge in [-0.1, -0.05) is 42.5 Å². The van der Waals surface area contributed by atoms with Gasteiger partial charge in [0.05, 0.1) is 12.9 Å². The highest BCUT2D eigenvalue weighted by molar-refractivity contribution is 7.92. The van der Waals surface area contributed by atoms with Crippen LogP contribution in [0.5, 0.6) is 5.75 Å². The number of sulfonamides is 1. The van der Waals surface area contributed by atoms with Gasteiger partial charge in [0.15, 0.2) is 0 Å². The summed E-state index contributed by atoms with van der Waals surface area (Å²) < 4.78 is 59.3. The summed E-state index contributed by atoms with van der Waals surface area (Å²) in [5, 5.41) is 1.15. The summed E-state index contributed by atoms with van der Waals surface area (Å²) in [6, 6.07) is 15.4. The smallest absolute Gasteiger partial charge is 0.306 e. The van der Waals surface area contributed by atoms with Crippen LogP contribution in [0.1, 0.15) is 11.1 Å². The van der Waals surface area contributed by atoms with E-state index in [9.17, 15) is 16.8 Å². The molecule has 0 aromatic heterocycles. The summed E-state index contributed by atoms with van der Waals surface area (Å²) in [4.78, 5) is 0. The molecule has 0 fully saturated rings. The summed E-state index contributed by atoms with van der Waals surface area (Å²) in [6.45, 7) is 0.416. The van der Waals surface area contributed by atoms with Crippen molar-refractivity contribution in [3.05, 3.63) is 71.1 Å². The van der Waals surface area contributed by atoms with E-state index in [1.165, 1.54) is 29.6 Å². The van der Waals surface area contributed by atoms with Crippen molar-refractivity contribution in [2.75, 3.05) is 26.5 Å². The van der Waals surface area contributed by atoms with Crippen molar-refractivity contribution >= 4 is 26.2 Å². The molecule has 0 atom stereocenters. The molecular weight excluding hydrogens is 402 g/mol. The Labute approximate surface area is 166 Å². The first-order valence-electron chi connectivity index (χ1n) is 8.40. The van der Waals surface area contributed by atoms with Gasteiger partial charge in [-0.05, 0) is 29.3 Å². The van der Waals surface area contributed by atoms with E-state index in [1.807, 2.05) is 18.2 Å². The van der Waals surface area contributed by atoms with E-state index in [4.69, 9.17) is 8.92 Å². The summed E-state index contributed by atoms with van der Waals surface area (Å²) in [5.74, 6) is 0.129. The molecule has 0 heterocycles. The number of benzene rings is 2. The van der Waals surface area contributed by atoms with Crippen molar-refractivity contribution < 1.29 is 25.8 Å². The molecule has 0 saturated heterocycles. The van der Waals surface area contributed by atoms with E-state index in [-0.39, 0.29) is 25.4 Å². The first kappa shape index (κ1) is 22.1. The van der Waals surface area contributed by atoms with E-state index in [0.29, 0.717) is 5.56 Å². The van der Waals surface area contributed by atoms with E-state index >= 15 is 0 Å². The van der Waals surface area contributed by atoms with Gasteiger partial charge in [-0.2, -0.15) is 12.7 Å². The van der Waals surface area contributed by atoms with Gasteiger partial charge in [-0.15, -0.1) is 0 Å². The Hall–Kier alpha value is -2.20. The Balaban J connectivity index is 2.23. The van der Waals surface area contributed by atoms with Gasteiger partial charge in [0.2, 0.25) is 10.0 Å². The molecule has 7 nitrogen and oxygen atoms in total. The summed E-state index contributed by atoms with van der Waals surface area (Å²) in [7, 11) is -5.90. The standard InChI is InChI=1S/C19H23NO6S2/c1-25-13-12-20(28(23,24)14-11-17-7-4-3-5-8-17)16-18-9-6-10-19(15-18)26-27(2,21)22/h3-11,14-15H,12-13,16H2,1-2H3/b14-11+. The van der Waals surface area contributed by atoms with E-state index in [1.54, 1.807) is 24.3 Å². The van der Waals surface area contributed by atoms with Crippen molar-refractivity contribution in [3.63, 3.8) is 0 Å². The fraction of sp³-hybridized carbons (Fsp3) is 0.263. The molecule has 0 aliphatic carbocycles. The zero-order chi connectivity index (χ0) is 20.6. The van der Waals surface area contributed by atoms with Crippen LogP contribution in [0, 0.1) is 0 Å². The van der Waals surface area contributed by atoms with Crippen LogP contribution >= 0.6 is 0 Å². The Bertz CT molecular complexity index is 1000. The Morgan fingerprint density at radius 2 is 1.71 bits per heavy atom. The van der Waals surface area contributed by atoms with E-state index < -0.39 is 20.1 Å². The first-order valence-corrected chi connectivity index (χ1v) is 11.7. The predicted octanol–water partition coefficient (Wildman–Crippen LogP) is 2.47. The molecule has 0 bridgehead atoms. The van der Waals surface area contributed by atoms with Crippen LogP contribution in [0.25, 0.3) is 6.08 Å². The molecule has 2 rings (SSSR count). The van der Waals surface area contributed by atoms with Crippen LogP contribution in [0.15, 0.2) is 60.0 Å². The first-order chi connectivity index (χ1) is 13.2. The molecule has 0 saturated carbocycles. The molecule has 2 aromatic carbocycles. The van der Waals surface area contributed by atoms with Crippen LogP contribution in [0.4, 0.5) is 0 Å². The van der Waals surface area contributed by atoms with Crippen molar-refractivity contribution in [1.29, 1.82) is 0 Å². The van der Waals surface area contributed by atoms with Gasteiger partial charge >= 0.3 is 10.1 Å². The fourth-order valence-electron chi connectivity index (χ4n) is 2.38. The molecule has 0 aliphatic heterocycles. The quantitative estimate of drug-likeness (QED) is 0.543. The molecule has 152 valence electrons. The van der Waals surface area contributed by atoms with Crippen molar-refractivity contribution in [2.24, 2.45) is 0 Å². The highest BCUT2D eigenvalue weighted by Gasteiger charge is 2.20. The SMILES string of the molecule is COCCN(Cc1cccc(OS(C)(=O)=O)c1)S(=O)(=O)/C=C/c1ccccc1. The average Bonchev–Trinajstić information content (AvgIpc) is 2.63. The molecule has 0 radical (unpaired) electrons. The maximum atomic E-state index is 12.8. The molecule has 0 spiro atoms. The third-order valence-electron chi connectivity index (χ3n) is 3.64. The highest BCUT2D eigenvalue weighted by atomic mass is 32.2. The van der Waals surface area contributed by atoms with Crippen molar-refractivity contribution in [1.82, 2.24) is 4.31 Å². The van der Waals surface area contributed by atoms with E-state index in [2.05, 4.69) is 0 Å². The molecule has 28 heavy (non-hydrogen) atoms. The summed E-state index contributed by atoms with van der Waals surface area (Å²) in [5.41, 5.74) is 1.36. The Kier molecular flexibility index (Phi) is 7.76. The maximum Gasteiger partial charge on any atom is 0.306 e. The Morgan fingerprint density at radius 3 is 2.36 bits per heavy atom. The van der Waals surface area contributed by atoms with Crippen molar-refractivity contribution in [3.8, 4) is 5.75 Å². The van der Waals surface area contributed by atoms with Gasteiger partial charge < -0.3 is 8.92 Å². The van der Waals surface area contributed by atoms with Gasteiger partial charge in [-0.3, -0.25) is 0 Å². The van der Waals surface area contributed by atoms with Gasteiger partial charge in [0.1, 0.15) is 5.75 Å². The lowest BCUT2D eigenvalue weighted by Crippen LogP contribution is -2.32. The molecule has 0 aliphatic rings. The minimum atomic E-state index is -3.73. The van der Waals surface area contributed by atoms with E-state index in [0.717, 1.165) is 17.2 Å². The lowest BCUT2D eigenvalue weighted by Gasteiger charge is -2.20. The zero-order valence-electron chi connectivity index (χ0n) is 15.7. The predicted molar refractivity (Wildman–Crippen MR) is 109 cm³/mol. The third-order valence-corrected chi connectivity index (χ3v) is 5.65. The number of hydrogen-bond acceptors (Lipinski definition) is 6. The second-order valence-electron chi connectivity index (χ2n) is 6.02. The van der Waals surface area contributed by atoms with Crippen LogP contribution in [0.3, 0.4) is 0 Å². The lowest BCUT2D eigenvalue weighted by atomic mass is 10.2. The van der Waals surface area contributed by atoms with Gasteiger partial charge in [0, 0.05) is 25.6 Å². The van der Waals surface area contributed by atoms with Crippen molar-refractivity contribution in [2.45, 2.75) is 6.54 Å². The second-order valence-corrected chi connectivity index (χ2v) is 9.41. The highest BCUT2D eigenvalue weighted by Crippen LogP contribution is 2.18. The maximum absolute atomic E-state index is 12.8. The number of nitrogens with zero attached hydrogens (tertiary/aromatic N) is 1. The Morgan fingerprint density at radius 1 is 1.00 bits per heavy atom. The topological polar surface area (TPSA) is 90.0 Å². The number of rotatable bonds is 10. The number of methoxy groups -OCH3 is 1. The van der Waals surface area contributed by atoms with Crippen LogP contribution in [0.2, 0.25) is 0 Å². The molecule has 0 amide bonds. The minimum Gasteiger partial charge on any atom is -0.383 e. The van der Waals surface area contributed by atoms with Crippen LogP contribution < -0.4 is 4.18 Å². The van der Waals surface area contributed by atoms with Crippen LogP contribution in [-0.4, -0.2) is 47.7 Å². The largest absolute Gasteiger partial charge is 0.383 e. The van der Waals surface area contributed by atoms with Gasteiger partial charge in [-0.25, -0.2) is 8.42 Å². The molecule has 2 aromatic rings. The van der Waals surface area contributed by atoms with Gasteiger partial charge in [0.25, 0.3) is 0 Å². The molecule has 0 unspecified atom stereocenters. The molecule has 0 N–H and O–H groups in total. The fourth-order valence-corrected chi connectivity index (χ4v) is 3.99. The van der Waals surface area contributed by atoms with Crippen LogP contribution in [-0.2, 0) is 31.4 Å². The number of ether oxygens (including phenoxy) is 1. The average molecular weight is 426 g/mol.